The number of rotatable bonds is 6. The van der Waals surface area contributed by atoms with Gasteiger partial charge in [0.25, 0.3) is 0 Å². The van der Waals surface area contributed by atoms with Crippen LogP contribution in [0.2, 0.25) is 0 Å². The molecule has 0 radical (unpaired) electrons. The van der Waals surface area contributed by atoms with Gasteiger partial charge in [0.1, 0.15) is 11.5 Å². The van der Waals surface area contributed by atoms with Crippen molar-refractivity contribution in [2.24, 2.45) is 5.92 Å². The first-order chi connectivity index (χ1) is 10.1. The standard InChI is InChI=1S/C16H23F2NO2/c1-11(12-6-4-3-5-7-12)19-14-10-13(20-2)8-9-15(14)21-16(17)18/h8-12,16,19H,3-7H2,1-2H3. The van der Waals surface area contributed by atoms with Crippen LogP contribution < -0.4 is 14.8 Å². The van der Waals surface area contributed by atoms with Crippen LogP contribution in [0.25, 0.3) is 0 Å². The fourth-order valence-electron chi connectivity index (χ4n) is 2.94. The van der Waals surface area contributed by atoms with Crippen LogP contribution in [0.3, 0.4) is 0 Å². The Hall–Kier alpha value is -1.52. The second-order valence-corrected chi connectivity index (χ2v) is 5.57. The summed E-state index contributed by atoms with van der Waals surface area (Å²) < 4.78 is 34.7. The third-order valence-corrected chi connectivity index (χ3v) is 4.14. The van der Waals surface area contributed by atoms with Crippen molar-refractivity contribution in [3.63, 3.8) is 0 Å². The minimum absolute atomic E-state index is 0.161. The molecule has 1 aliphatic rings. The van der Waals surface area contributed by atoms with E-state index in [1.54, 1.807) is 19.2 Å². The molecule has 0 aliphatic heterocycles. The van der Waals surface area contributed by atoms with Crippen molar-refractivity contribution in [2.75, 3.05) is 12.4 Å². The Morgan fingerprint density at radius 3 is 2.52 bits per heavy atom. The molecule has 1 fully saturated rings. The zero-order chi connectivity index (χ0) is 15.2. The molecule has 1 unspecified atom stereocenters. The SMILES string of the molecule is COc1ccc(OC(F)F)c(NC(C)C2CCCCC2)c1. The van der Waals surface area contributed by atoms with Gasteiger partial charge in [-0.1, -0.05) is 19.3 Å². The van der Waals surface area contributed by atoms with Crippen LogP contribution >= 0.6 is 0 Å². The predicted molar refractivity (Wildman–Crippen MR) is 79.3 cm³/mol. The van der Waals surface area contributed by atoms with E-state index in [1.165, 1.54) is 38.2 Å². The summed E-state index contributed by atoms with van der Waals surface area (Å²) in [6, 6.07) is 5.06. The van der Waals surface area contributed by atoms with Gasteiger partial charge in [0.2, 0.25) is 0 Å². The molecule has 0 amide bonds. The smallest absolute Gasteiger partial charge is 0.387 e. The summed E-state index contributed by atoms with van der Waals surface area (Å²) in [5.74, 6) is 1.35. The van der Waals surface area contributed by atoms with E-state index < -0.39 is 6.61 Å². The highest BCUT2D eigenvalue weighted by Gasteiger charge is 2.21. The summed E-state index contributed by atoms with van der Waals surface area (Å²) in [6.45, 7) is -0.731. The molecular formula is C16H23F2NO2. The van der Waals surface area contributed by atoms with Crippen molar-refractivity contribution in [3.8, 4) is 11.5 Å². The lowest BCUT2D eigenvalue weighted by molar-refractivity contribution is -0.0494. The lowest BCUT2D eigenvalue weighted by Gasteiger charge is -2.29. The van der Waals surface area contributed by atoms with E-state index in [2.05, 4.69) is 17.0 Å². The first-order valence-electron chi connectivity index (χ1n) is 7.49. The van der Waals surface area contributed by atoms with Gasteiger partial charge in [-0.25, -0.2) is 0 Å². The molecule has 1 aromatic carbocycles. The van der Waals surface area contributed by atoms with Gasteiger partial charge in [0.15, 0.2) is 0 Å². The minimum Gasteiger partial charge on any atom is -0.497 e. The zero-order valence-electron chi connectivity index (χ0n) is 12.6. The van der Waals surface area contributed by atoms with Gasteiger partial charge in [-0.2, -0.15) is 8.78 Å². The number of ether oxygens (including phenoxy) is 2. The maximum atomic E-state index is 12.5. The second-order valence-electron chi connectivity index (χ2n) is 5.57. The van der Waals surface area contributed by atoms with E-state index in [0.29, 0.717) is 17.4 Å². The molecule has 0 heterocycles. The maximum Gasteiger partial charge on any atom is 0.387 e. The monoisotopic (exact) mass is 299 g/mol. The van der Waals surface area contributed by atoms with Crippen LogP contribution in [0.15, 0.2) is 18.2 Å². The average Bonchev–Trinajstić information content (AvgIpc) is 2.49. The summed E-state index contributed by atoms with van der Waals surface area (Å²) in [5, 5.41) is 3.32. The van der Waals surface area contributed by atoms with E-state index in [4.69, 9.17) is 4.74 Å². The van der Waals surface area contributed by atoms with Gasteiger partial charge in [0.05, 0.1) is 12.8 Å². The molecule has 2 rings (SSSR count). The normalized spacial score (nSPS) is 17.6. The van der Waals surface area contributed by atoms with Crippen molar-refractivity contribution < 1.29 is 18.3 Å². The average molecular weight is 299 g/mol. The number of nitrogens with one attached hydrogen (secondary N) is 1. The van der Waals surface area contributed by atoms with Crippen molar-refractivity contribution in [1.82, 2.24) is 0 Å². The summed E-state index contributed by atoms with van der Waals surface area (Å²) in [7, 11) is 1.55. The molecule has 5 heteroatoms. The Morgan fingerprint density at radius 1 is 1.19 bits per heavy atom. The third kappa shape index (κ3) is 4.48. The molecular weight excluding hydrogens is 276 g/mol. The molecule has 118 valence electrons. The van der Waals surface area contributed by atoms with E-state index in [-0.39, 0.29) is 11.8 Å². The van der Waals surface area contributed by atoms with Crippen LogP contribution in [-0.4, -0.2) is 19.8 Å². The lowest BCUT2D eigenvalue weighted by Crippen LogP contribution is -2.28. The quantitative estimate of drug-likeness (QED) is 0.827. The van der Waals surface area contributed by atoms with E-state index in [0.717, 1.165) is 0 Å². The predicted octanol–water partition coefficient (Wildman–Crippen LogP) is 4.68. The molecule has 3 nitrogen and oxygen atoms in total. The van der Waals surface area contributed by atoms with Crippen LogP contribution in [-0.2, 0) is 0 Å². The highest BCUT2D eigenvalue weighted by Crippen LogP contribution is 2.34. The van der Waals surface area contributed by atoms with E-state index in [1.807, 2.05) is 0 Å². The number of halogens is 2. The Labute approximate surface area is 124 Å². The Kier molecular flexibility index (Phi) is 5.65. The van der Waals surface area contributed by atoms with Gasteiger partial charge in [0, 0.05) is 12.1 Å². The lowest BCUT2D eigenvalue weighted by atomic mass is 9.84. The summed E-state index contributed by atoms with van der Waals surface area (Å²) in [5.41, 5.74) is 0.563. The topological polar surface area (TPSA) is 30.5 Å². The first-order valence-corrected chi connectivity index (χ1v) is 7.49. The number of hydrogen-bond acceptors (Lipinski definition) is 3. The van der Waals surface area contributed by atoms with Gasteiger partial charge in [-0.05, 0) is 37.8 Å². The molecule has 0 saturated heterocycles. The summed E-state index contributed by atoms with van der Waals surface area (Å²) in [6.07, 6.45) is 6.15. The summed E-state index contributed by atoms with van der Waals surface area (Å²) in [4.78, 5) is 0. The van der Waals surface area contributed by atoms with Crippen molar-refractivity contribution >= 4 is 5.69 Å². The molecule has 21 heavy (non-hydrogen) atoms. The van der Waals surface area contributed by atoms with Crippen LogP contribution in [0.4, 0.5) is 14.5 Å². The van der Waals surface area contributed by atoms with Crippen molar-refractivity contribution in [1.29, 1.82) is 0 Å². The zero-order valence-corrected chi connectivity index (χ0v) is 12.6. The molecule has 1 aromatic rings. The van der Waals surface area contributed by atoms with Crippen LogP contribution in [0.5, 0.6) is 11.5 Å². The van der Waals surface area contributed by atoms with Crippen LogP contribution in [0, 0.1) is 5.92 Å². The molecule has 0 spiro atoms. The largest absolute Gasteiger partial charge is 0.497 e. The number of hydrogen-bond donors (Lipinski definition) is 1. The van der Waals surface area contributed by atoms with E-state index in [9.17, 15) is 8.78 Å². The highest BCUT2D eigenvalue weighted by molar-refractivity contribution is 5.60. The fraction of sp³-hybridized carbons (Fsp3) is 0.625. The van der Waals surface area contributed by atoms with E-state index >= 15 is 0 Å². The number of alkyl halides is 2. The Balaban J connectivity index is 2.11. The second kappa shape index (κ2) is 7.48. The number of anilines is 1. The molecule has 0 bridgehead atoms. The molecule has 1 atom stereocenters. The maximum absolute atomic E-state index is 12.5. The summed E-state index contributed by atoms with van der Waals surface area (Å²) >= 11 is 0. The van der Waals surface area contributed by atoms with Gasteiger partial charge in [-0.15, -0.1) is 0 Å². The Bertz CT molecular complexity index is 448. The van der Waals surface area contributed by atoms with Gasteiger partial charge >= 0.3 is 6.61 Å². The number of methoxy groups -OCH3 is 1. The molecule has 1 aliphatic carbocycles. The molecule has 0 aromatic heterocycles. The highest BCUT2D eigenvalue weighted by atomic mass is 19.3. The van der Waals surface area contributed by atoms with Crippen LogP contribution in [0.1, 0.15) is 39.0 Å². The fourth-order valence-corrected chi connectivity index (χ4v) is 2.94. The van der Waals surface area contributed by atoms with Gasteiger partial charge < -0.3 is 14.8 Å². The first kappa shape index (κ1) is 15.9. The minimum atomic E-state index is -2.83. The van der Waals surface area contributed by atoms with Crippen molar-refractivity contribution in [2.45, 2.75) is 51.7 Å². The third-order valence-electron chi connectivity index (χ3n) is 4.14. The molecule has 1 saturated carbocycles. The van der Waals surface area contributed by atoms with Crippen molar-refractivity contribution in [3.05, 3.63) is 18.2 Å². The van der Waals surface area contributed by atoms with Gasteiger partial charge in [-0.3, -0.25) is 0 Å². The Morgan fingerprint density at radius 2 is 1.90 bits per heavy atom. The number of benzene rings is 1. The molecule has 1 N–H and O–H groups in total.